The van der Waals surface area contributed by atoms with E-state index in [9.17, 15) is 9.59 Å². The van der Waals surface area contributed by atoms with Crippen molar-refractivity contribution >= 4 is 29.2 Å². The summed E-state index contributed by atoms with van der Waals surface area (Å²) < 4.78 is 5.51. The minimum absolute atomic E-state index is 0.116. The van der Waals surface area contributed by atoms with Gasteiger partial charge in [0, 0.05) is 23.2 Å². The van der Waals surface area contributed by atoms with Crippen LogP contribution in [0.1, 0.15) is 61.7 Å². The largest absolute Gasteiger partial charge is 0.446 e. The van der Waals surface area contributed by atoms with Gasteiger partial charge in [-0.1, -0.05) is 0 Å². The van der Waals surface area contributed by atoms with Crippen molar-refractivity contribution in [2.75, 3.05) is 5.32 Å². The van der Waals surface area contributed by atoms with Gasteiger partial charge in [0.05, 0.1) is 6.42 Å². The maximum Gasteiger partial charge on any atom is 0.407 e. The molecule has 28 heavy (non-hydrogen) atoms. The predicted molar refractivity (Wildman–Crippen MR) is 105 cm³/mol. The van der Waals surface area contributed by atoms with Crippen LogP contribution >= 0.6 is 11.3 Å². The minimum Gasteiger partial charge on any atom is -0.446 e. The third-order valence-corrected chi connectivity index (χ3v) is 5.16. The molecule has 2 amide bonds. The number of anilines is 1. The van der Waals surface area contributed by atoms with Crippen molar-refractivity contribution < 1.29 is 14.3 Å². The summed E-state index contributed by atoms with van der Waals surface area (Å²) in [6, 6.07) is 1.84. The van der Waals surface area contributed by atoms with E-state index in [1.54, 1.807) is 0 Å². The number of hydrogen-bond acceptors (Lipinski definition) is 7. The van der Waals surface area contributed by atoms with Crippen LogP contribution in [0.15, 0.2) is 6.07 Å². The molecular weight excluding hydrogens is 380 g/mol. The van der Waals surface area contributed by atoms with E-state index in [0.717, 1.165) is 30.0 Å². The Balaban J connectivity index is 1.49. The van der Waals surface area contributed by atoms with Crippen LogP contribution < -0.4 is 10.6 Å². The Bertz CT molecular complexity index is 840. The van der Waals surface area contributed by atoms with Crippen LogP contribution in [0.4, 0.5) is 10.6 Å². The number of carbonyl (C=O) groups excluding carboxylic acids is 2. The van der Waals surface area contributed by atoms with Crippen LogP contribution in [0.3, 0.4) is 0 Å². The Morgan fingerprint density at radius 1 is 1.32 bits per heavy atom. The second-order valence-electron chi connectivity index (χ2n) is 8.06. The number of H-pyrrole nitrogens is 1. The molecule has 152 valence electrons. The summed E-state index contributed by atoms with van der Waals surface area (Å²) in [6.07, 6.45) is 2.11. The fraction of sp³-hybridized carbons (Fsp3) is 0.611. The molecule has 10 heteroatoms. The van der Waals surface area contributed by atoms with Gasteiger partial charge in [-0.2, -0.15) is 5.10 Å². The summed E-state index contributed by atoms with van der Waals surface area (Å²) in [5, 5.41) is 22.1. The third kappa shape index (κ3) is 5.75. The number of aryl methyl sites for hydroxylation is 1. The number of hydrogen-bond donors (Lipinski definition) is 3. The van der Waals surface area contributed by atoms with Crippen molar-refractivity contribution in [1.82, 2.24) is 25.7 Å². The van der Waals surface area contributed by atoms with Crippen LogP contribution in [0.5, 0.6) is 0 Å². The molecule has 0 aromatic carbocycles. The van der Waals surface area contributed by atoms with Crippen molar-refractivity contribution in [1.29, 1.82) is 0 Å². The molecule has 0 radical (unpaired) electrons. The molecule has 0 spiro atoms. The van der Waals surface area contributed by atoms with Crippen LogP contribution in [0, 0.1) is 6.92 Å². The smallest absolute Gasteiger partial charge is 0.407 e. The lowest BCUT2D eigenvalue weighted by atomic mass is 10.0. The number of carbonyl (C=O) groups is 2. The van der Waals surface area contributed by atoms with Gasteiger partial charge in [0.2, 0.25) is 5.91 Å². The molecule has 0 bridgehead atoms. The average Bonchev–Trinajstić information content (AvgIpc) is 3.27. The lowest BCUT2D eigenvalue weighted by molar-refractivity contribution is -0.115. The summed E-state index contributed by atoms with van der Waals surface area (Å²) in [4.78, 5) is 24.0. The van der Waals surface area contributed by atoms with Crippen LogP contribution in [0.25, 0.3) is 0 Å². The number of ether oxygens (including phenoxy) is 1. The van der Waals surface area contributed by atoms with Gasteiger partial charge in [-0.15, -0.1) is 21.5 Å². The molecular formula is C18H26N6O3S. The van der Waals surface area contributed by atoms with Gasteiger partial charge in [0.1, 0.15) is 16.1 Å². The molecule has 0 aliphatic heterocycles. The van der Waals surface area contributed by atoms with Gasteiger partial charge in [-0.3, -0.25) is 9.89 Å². The van der Waals surface area contributed by atoms with Gasteiger partial charge in [-0.25, -0.2) is 4.79 Å². The predicted octanol–water partition coefficient (Wildman–Crippen LogP) is 2.91. The van der Waals surface area contributed by atoms with E-state index in [1.165, 1.54) is 11.3 Å². The fourth-order valence-electron chi connectivity index (χ4n) is 3.16. The van der Waals surface area contributed by atoms with E-state index in [4.69, 9.17) is 4.74 Å². The SMILES string of the molecule is Cc1nnc(CC(=O)Nc2cc(C3CCC(OC(=O)NC(C)(C)C)C3)[nH]n2)s1. The van der Waals surface area contributed by atoms with E-state index in [0.29, 0.717) is 10.8 Å². The second kappa shape index (κ2) is 8.26. The molecule has 0 saturated heterocycles. The average molecular weight is 407 g/mol. The first-order valence-corrected chi connectivity index (χ1v) is 10.1. The van der Waals surface area contributed by atoms with Gasteiger partial charge < -0.3 is 15.4 Å². The third-order valence-electron chi connectivity index (χ3n) is 4.32. The maximum atomic E-state index is 12.1. The highest BCUT2D eigenvalue weighted by Crippen LogP contribution is 2.35. The van der Waals surface area contributed by atoms with E-state index in [1.807, 2.05) is 33.8 Å². The van der Waals surface area contributed by atoms with Gasteiger partial charge in [0.25, 0.3) is 0 Å². The lowest BCUT2D eigenvalue weighted by Crippen LogP contribution is -2.42. The first kappa shape index (κ1) is 20.2. The van der Waals surface area contributed by atoms with Crippen molar-refractivity contribution in [3.63, 3.8) is 0 Å². The molecule has 2 aromatic rings. The van der Waals surface area contributed by atoms with E-state index < -0.39 is 0 Å². The van der Waals surface area contributed by atoms with Crippen LogP contribution in [-0.2, 0) is 16.0 Å². The molecule has 2 unspecified atom stereocenters. The molecule has 9 nitrogen and oxygen atoms in total. The number of nitrogens with one attached hydrogen (secondary N) is 3. The summed E-state index contributed by atoms with van der Waals surface area (Å²) >= 11 is 1.40. The maximum absolute atomic E-state index is 12.1. The molecule has 3 rings (SSSR count). The molecule has 2 atom stereocenters. The molecule has 2 heterocycles. The fourth-order valence-corrected chi connectivity index (χ4v) is 3.87. The Morgan fingerprint density at radius 2 is 2.11 bits per heavy atom. The van der Waals surface area contributed by atoms with E-state index in [-0.39, 0.29) is 36.0 Å². The van der Waals surface area contributed by atoms with Crippen molar-refractivity contribution in [2.24, 2.45) is 0 Å². The molecule has 1 aliphatic rings. The molecule has 2 aromatic heterocycles. The monoisotopic (exact) mass is 406 g/mol. The van der Waals surface area contributed by atoms with Gasteiger partial charge >= 0.3 is 6.09 Å². The van der Waals surface area contributed by atoms with Gasteiger partial charge in [0.15, 0.2) is 5.82 Å². The Kier molecular flexibility index (Phi) is 5.97. The van der Waals surface area contributed by atoms with E-state index in [2.05, 4.69) is 31.0 Å². The lowest BCUT2D eigenvalue weighted by Gasteiger charge is -2.22. The highest BCUT2D eigenvalue weighted by atomic mass is 32.1. The number of alkyl carbamates (subject to hydrolysis) is 1. The zero-order valence-corrected chi connectivity index (χ0v) is 17.4. The first-order chi connectivity index (χ1) is 13.2. The summed E-state index contributed by atoms with van der Waals surface area (Å²) in [6.45, 7) is 7.60. The zero-order valence-electron chi connectivity index (χ0n) is 16.5. The highest BCUT2D eigenvalue weighted by molar-refractivity contribution is 7.11. The minimum atomic E-state index is -0.386. The molecule has 1 aliphatic carbocycles. The van der Waals surface area contributed by atoms with Crippen molar-refractivity contribution in [3.8, 4) is 0 Å². The standard InChI is InChI=1S/C18H26N6O3S/c1-10-21-24-16(28-10)9-15(25)19-14-8-13(22-23-14)11-5-6-12(7-11)27-17(26)20-18(2,3)4/h8,11-12H,5-7,9H2,1-4H3,(H,20,26)(H2,19,22,23,25). The van der Waals surface area contributed by atoms with Crippen molar-refractivity contribution in [2.45, 2.75) is 70.9 Å². The Morgan fingerprint density at radius 3 is 2.79 bits per heavy atom. The van der Waals surface area contributed by atoms with Crippen LogP contribution in [-0.4, -0.2) is 44.0 Å². The summed E-state index contributed by atoms with van der Waals surface area (Å²) in [5.74, 6) is 0.521. The molecule has 3 N–H and O–H groups in total. The number of amides is 2. The first-order valence-electron chi connectivity index (χ1n) is 9.31. The molecule has 1 fully saturated rings. The van der Waals surface area contributed by atoms with Crippen LogP contribution in [0.2, 0.25) is 0 Å². The summed E-state index contributed by atoms with van der Waals surface area (Å²) in [7, 11) is 0. The second-order valence-corrected chi connectivity index (χ2v) is 9.33. The number of nitrogens with zero attached hydrogens (tertiary/aromatic N) is 3. The van der Waals surface area contributed by atoms with Crippen molar-refractivity contribution in [3.05, 3.63) is 21.8 Å². The number of rotatable bonds is 5. The Labute approximate surface area is 167 Å². The topological polar surface area (TPSA) is 122 Å². The quantitative estimate of drug-likeness (QED) is 0.702. The zero-order chi connectivity index (χ0) is 20.3. The Hall–Kier alpha value is -2.49. The van der Waals surface area contributed by atoms with Gasteiger partial charge in [-0.05, 0) is 47.0 Å². The number of aromatic nitrogens is 4. The highest BCUT2D eigenvalue weighted by Gasteiger charge is 2.30. The molecule has 1 saturated carbocycles. The normalized spacial score (nSPS) is 19.4. The van der Waals surface area contributed by atoms with E-state index >= 15 is 0 Å². The summed E-state index contributed by atoms with van der Waals surface area (Å²) in [5.41, 5.74) is 0.614. The number of aromatic amines is 1.